The molecule has 0 bridgehead atoms. The van der Waals surface area contributed by atoms with E-state index in [0.29, 0.717) is 16.6 Å². The van der Waals surface area contributed by atoms with E-state index in [9.17, 15) is 4.79 Å². The molecule has 1 unspecified atom stereocenters. The van der Waals surface area contributed by atoms with Crippen molar-refractivity contribution >= 4 is 41.1 Å². The quantitative estimate of drug-likeness (QED) is 0.645. The van der Waals surface area contributed by atoms with Crippen LogP contribution in [0.15, 0.2) is 40.8 Å². The Kier molecular flexibility index (Phi) is 4.49. The summed E-state index contributed by atoms with van der Waals surface area (Å²) >= 11 is 5.99. The van der Waals surface area contributed by atoms with Gasteiger partial charge in [-0.25, -0.2) is 0 Å². The van der Waals surface area contributed by atoms with Crippen LogP contribution in [0.1, 0.15) is 27.9 Å². The molecule has 1 aliphatic rings. The molecule has 1 N–H and O–H groups in total. The molecule has 1 aliphatic heterocycles. The van der Waals surface area contributed by atoms with E-state index in [1.807, 2.05) is 38.1 Å². The molecule has 0 spiro atoms. The van der Waals surface area contributed by atoms with Crippen LogP contribution in [0.5, 0.6) is 0 Å². The Morgan fingerprint density at radius 2 is 2.12 bits per heavy atom. The number of oxazole rings is 1. The predicted octanol–water partition coefficient (Wildman–Crippen LogP) is 5.20. The summed E-state index contributed by atoms with van der Waals surface area (Å²) in [6, 6.07) is 12.2. The maximum Gasteiger partial charge on any atom is 0.295 e. The molecule has 0 saturated carbocycles. The molecule has 26 heavy (non-hydrogen) atoms. The second-order valence-corrected chi connectivity index (χ2v) is 7.60. The third-order valence-electron chi connectivity index (χ3n) is 5.14. The molecule has 1 saturated heterocycles. The molecule has 2 heterocycles. The number of fused-ring (bicyclic) bond motifs is 1. The number of hydrogen-bond donors (Lipinski definition) is 1. The molecule has 132 valence electrons. The Hall–Kier alpha value is -2.27. The molecule has 3 aromatic rings. The van der Waals surface area contributed by atoms with Crippen LogP contribution >= 0.6 is 11.6 Å². The van der Waals surface area contributed by atoms with Gasteiger partial charge in [0.05, 0.1) is 0 Å². The van der Waals surface area contributed by atoms with Crippen LogP contribution in [-0.4, -0.2) is 23.4 Å². The van der Waals surface area contributed by atoms with Gasteiger partial charge >= 0.3 is 0 Å². The van der Waals surface area contributed by atoms with Gasteiger partial charge in [0.25, 0.3) is 6.01 Å². The molecule has 0 radical (unpaired) electrons. The van der Waals surface area contributed by atoms with Gasteiger partial charge in [-0.2, -0.15) is 4.98 Å². The maximum absolute atomic E-state index is 12.9. The molecule has 6 heteroatoms. The molecule has 1 fully saturated rings. The van der Waals surface area contributed by atoms with Crippen molar-refractivity contribution in [1.29, 1.82) is 0 Å². The monoisotopic (exact) mass is 366 g/mol. The highest BCUT2D eigenvalue weighted by molar-refractivity contribution is 6.93. The van der Waals surface area contributed by atoms with Gasteiger partial charge < -0.3 is 14.5 Å². The van der Waals surface area contributed by atoms with Gasteiger partial charge in [0, 0.05) is 22.7 Å². The number of nitrogens with one attached hydrogen (secondary N) is 1. The lowest BCUT2D eigenvalue weighted by molar-refractivity contribution is 0.107. The van der Waals surface area contributed by atoms with E-state index in [0.717, 1.165) is 41.3 Å². The Morgan fingerprint density at radius 3 is 2.96 bits per heavy atom. The normalized spacial score (nSPS) is 17.0. The highest BCUT2D eigenvalue weighted by atomic mass is 35.5. The summed E-state index contributed by atoms with van der Waals surface area (Å²) in [7, 11) is 0. The van der Waals surface area contributed by atoms with Gasteiger partial charge in [0.2, 0.25) is 6.71 Å². The van der Waals surface area contributed by atoms with Crippen molar-refractivity contribution in [2.45, 2.75) is 39.0 Å². The molecule has 2 aromatic carbocycles. The fourth-order valence-electron chi connectivity index (χ4n) is 3.71. The van der Waals surface area contributed by atoms with E-state index in [1.54, 1.807) is 12.1 Å². The van der Waals surface area contributed by atoms with Crippen molar-refractivity contribution in [2.24, 2.45) is 0 Å². The predicted molar refractivity (Wildman–Crippen MR) is 107 cm³/mol. The van der Waals surface area contributed by atoms with Crippen LogP contribution in [0.4, 0.5) is 6.01 Å². The Labute approximate surface area is 158 Å². The lowest BCUT2D eigenvalue weighted by Gasteiger charge is -2.11. The van der Waals surface area contributed by atoms with Crippen LogP contribution in [-0.2, 0) is 0 Å². The number of rotatable bonds is 4. The van der Waals surface area contributed by atoms with Gasteiger partial charge in [-0.05, 0) is 50.4 Å². The zero-order valence-electron chi connectivity index (χ0n) is 14.9. The van der Waals surface area contributed by atoms with Crippen molar-refractivity contribution < 1.29 is 9.21 Å². The molecule has 1 aromatic heterocycles. The van der Waals surface area contributed by atoms with Crippen LogP contribution in [0.3, 0.4) is 0 Å². The zero-order chi connectivity index (χ0) is 18.3. The number of hydrogen-bond acceptors (Lipinski definition) is 4. The highest BCUT2D eigenvalue weighted by Crippen LogP contribution is 2.29. The topological polar surface area (TPSA) is 55.1 Å². The summed E-state index contributed by atoms with van der Waals surface area (Å²) in [6.45, 7) is 4.07. The van der Waals surface area contributed by atoms with E-state index >= 15 is 0 Å². The first-order valence-corrected chi connectivity index (χ1v) is 9.31. The number of nitrogens with zero attached hydrogens (tertiary/aromatic N) is 1. The molecule has 0 aliphatic carbocycles. The SMILES string of the molecule is Cc1ccc(C)c(C(=O)B2CCC(Nc3nc4ccc(Cl)cc4o3)C2)c1. The lowest BCUT2D eigenvalue weighted by atomic mass is 9.43. The molecule has 4 nitrogen and oxygen atoms in total. The number of anilines is 1. The number of carbonyl (C=O) groups excluding carboxylic acids is 1. The summed E-state index contributed by atoms with van der Waals surface area (Å²) in [4.78, 5) is 17.4. The first-order valence-electron chi connectivity index (χ1n) is 8.93. The minimum absolute atomic E-state index is 0.0480. The first-order chi connectivity index (χ1) is 12.5. The van der Waals surface area contributed by atoms with E-state index in [1.165, 1.54) is 0 Å². The molecular weight excluding hydrogens is 346 g/mol. The lowest BCUT2D eigenvalue weighted by Crippen LogP contribution is -2.26. The third kappa shape index (κ3) is 3.36. The summed E-state index contributed by atoms with van der Waals surface area (Å²) in [5, 5.41) is 3.96. The van der Waals surface area contributed by atoms with Crippen LogP contribution < -0.4 is 5.32 Å². The average Bonchev–Trinajstić information content (AvgIpc) is 3.22. The van der Waals surface area contributed by atoms with Crippen LogP contribution in [0.25, 0.3) is 11.1 Å². The standard InChI is InChI=1S/C20H20BClN2O2/c1-12-3-4-13(2)16(9-12)19(25)21-8-7-15(11-21)23-20-24-17-6-5-14(22)10-18(17)26-20/h3-6,9-10,15H,7-8,11H2,1-2H3,(H,23,24). The second-order valence-electron chi connectivity index (χ2n) is 7.16. The van der Waals surface area contributed by atoms with E-state index in [-0.39, 0.29) is 18.4 Å². The summed E-state index contributed by atoms with van der Waals surface area (Å²) in [6.07, 6.45) is 2.61. The van der Waals surface area contributed by atoms with Crippen molar-refractivity contribution in [3.63, 3.8) is 0 Å². The minimum Gasteiger partial charge on any atom is -0.423 e. The number of halogens is 1. The smallest absolute Gasteiger partial charge is 0.295 e. The summed E-state index contributed by atoms with van der Waals surface area (Å²) in [5.74, 6) is 0. The Balaban J connectivity index is 1.46. The van der Waals surface area contributed by atoms with Gasteiger partial charge in [0.1, 0.15) is 11.2 Å². The first kappa shape index (κ1) is 17.2. The molecule has 1 atom stereocenters. The Bertz CT molecular complexity index is 985. The largest absolute Gasteiger partial charge is 0.423 e. The van der Waals surface area contributed by atoms with Gasteiger partial charge in [-0.3, -0.25) is 0 Å². The van der Waals surface area contributed by atoms with Gasteiger partial charge in [0.15, 0.2) is 5.58 Å². The molecule has 0 amide bonds. The third-order valence-corrected chi connectivity index (χ3v) is 5.38. The number of benzene rings is 2. The summed E-state index contributed by atoms with van der Waals surface area (Å²) in [5.41, 5.74) is 4.72. The Morgan fingerprint density at radius 1 is 1.27 bits per heavy atom. The van der Waals surface area contributed by atoms with Crippen molar-refractivity contribution in [3.05, 3.63) is 58.1 Å². The molecule has 4 rings (SSSR count). The number of aromatic nitrogens is 1. The van der Waals surface area contributed by atoms with Gasteiger partial charge in [-0.1, -0.05) is 35.6 Å². The van der Waals surface area contributed by atoms with E-state index in [4.69, 9.17) is 16.0 Å². The highest BCUT2D eigenvalue weighted by Gasteiger charge is 2.35. The minimum atomic E-state index is 0.0480. The number of carbonyl (C=O) groups is 1. The van der Waals surface area contributed by atoms with E-state index in [2.05, 4.69) is 10.3 Å². The van der Waals surface area contributed by atoms with Gasteiger partial charge in [-0.15, -0.1) is 0 Å². The van der Waals surface area contributed by atoms with Crippen LogP contribution in [0, 0.1) is 13.8 Å². The number of aryl methyl sites for hydroxylation is 2. The van der Waals surface area contributed by atoms with Crippen molar-refractivity contribution in [2.75, 3.05) is 5.32 Å². The maximum atomic E-state index is 12.9. The van der Waals surface area contributed by atoms with Crippen molar-refractivity contribution in [3.8, 4) is 0 Å². The zero-order valence-corrected chi connectivity index (χ0v) is 15.6. The molecular formula is C20H20BClN2O2. The average molecular weight is 367 g/mol. The summed E-state index contributed by atoms with van der Waals surface area (Å²) < 4.78 is 5.73. The fraction of sp³-hybridized carbons (Fsp3) is 0.300. The second kappa shape index (κ2) is 6.80. The van der Waals surface area contributed by atoms with Crippen LogP contribution in [0.2, 0.25) is 17.7 Å². The van der Waals surface area contributed by atoms with E-state index < -0.39 is 0 Å². The fourth-order valence-corrected chi connectivity index (χ4v) is 3.87. The van der Waals surface area contributed by atoms with Crippen molar-refractivity contribution in [1.82, 2.24) is 4.98 Å².